The fourth-order valence-electron chi connectivity index (χ4n) is 2.77. The second-order valence-electron chi connectivity index (χ2n) is 7.52. The summed E-state index contributed by atoms with van der Waals surface area (Å²) in [6.07, 6.45) is 1.21. The Labute approximate surface area is 164 Å². The van der Waals surface area contributed by atoms with Crippen LogP contribution in [0.1, 0.15) is 31.3 Å². The molecule has 0 radical (unpaired) electrons. The summed E-state index contributed by atoms with van der Waals surface area (Å²) >= 11 is 0. The van der Waals surface area contributed by atoms with Gasteiger partial charge in [0.25, 0.3) is 5.91 Å². The zero-order chi connectivity index (χ0) is 20.1. The summed E-state index contributed by atoms with van der Waals surface area (Å²) < 4.78 is 5.38. The molecule has 2 amide bonds. The third kappa shape index (κ3) is 5.18. The predicted molar refractivity (Wildman–Crippen MR) is 105 cm³/mol. The Kier molecular flexibility index (Phi) is 5.77. The van der Waals surface area contributed by atoms with Gasteiger partial charge in [-0.15, -0.1) is 0 Å². The van der Waals surface area contributed by atoms with E-state index >= 15 is 0 Å². The van der Waals surface area contributed by atoms with Crippen molar-refractivity contribution < 1.29 is 14.3 Å². The van der Waals surface area contributed by atoms with Crippen LogP contribution in [-0.4, -0.2) is 63.5 Å². The Balaban J connectivity index is 1.59. The van der Waals surface area contributed by atoms with E-state index in [0.717, 1.165) is 5.69 Å². The van der Waals surface area contributed by atoms with Crippen molar-refractivity contribution in [3.63, 3.8) is 0 Å². The molecule has 28 heavy (non-hydrogen) atoms. The second-order valence-corrected chi connectivity index (χ2v) is 7.52. The number of rotatable bonds is 3. The van der Waals surface area contributed by atoms with Crippen molar-refractivity contribution in [3.8, 4) is 0 Å². The molecule has 2 heterocycles. The monoisotopic (exact) mass is 383 g/mol. The number of piperazine rings is 1. The third-order valence-electron chi connectivity index (χ3n) is 4.12. The Bertz CT molecular complexity index is 827. The smallest absolute Gasteiger partial charge is 0.410 e. The second kappa shape index (κ2) is 8.24. The van der Waals surface area contributed by atoms with E-state index < -0.39 is 5.60 Å². The molecule has 0 atom stereocenters. The molecule has 3 rings (SSSR count). The van der Waals surface area contributed by atoms with Gasteiger partial charge in [-0.25, -0.2) is 14.8 Å². The molecule has 8 heteroatoms. The molecule has 1 aliphatic heterocycles. The molecule has 0 spiro atoms. The Hall–Kier alpha value is -3.16. The maximum absolute atomic E-state index is 12.8. The molecule has 0 aliphatic carbocycles. The van der Waals surface area contributed by atoms with Crippen molar-refractivity contribution >= 4 is 23.6 Å². The first kappa shape index (κ1) is 19.6. The van der Waals surface area contributed by atoms with Crippen molar-refractivity contribution in [2.45, 2.75) is 26.4 Å². The maximum Gasteiger partial charge on any atom is 0.410 e. The van der Waals surface area contributed by atoms with Gasteiger partial charge in [0.05, 0.1) is 0 Å². The number of carbonyl (C=O) groups is 2. The number of nitrogens with zero attached hydrogens (tertiary/aromatic N) is 4. The van der Waals surface area contributed by atoms with E-state index in [9.17, 15) is 9.59 Å². The van der Waals surface area contributed by atoms with Gasteiger partial charge in [-0.2, -0.15) is 0 Å². The van der Waals surface area contributed by atoms with Crippen molar-refractivity contribution in [2.24, 2.45) is 0 Å². The third-order valence-corrected chi connectivity index (χ3v) is 4.12. The highest BCUT2D eigenvalue weighted by Gasteiger charge is 2.28. The molecule has 148 valence electrons. The van der Waals surface area contributed by atoms with Crippen LogP contribution in [0.25, 0.3) is 0 Å². The molecule has 2 aromatic rings. The summed E-state index contributed by atoms with van der Waals surface area (Å²) in [5, 5.41) is 3.08. The van der Waals surface area contributed by atoms with Crippen LogP contribution in [0.5, 0.6) is 0 Å². The Morgan fingerprint density at radius 2 is 1.64 bits per heavy atom. The van der Waals surface area contributed by atoms with Crippen molar-refractivity contribution in [3.05, 3.63) is 48.3 Å². The quantitative estimate of drug-likeness (QED) is 0.877. The molecular weight excluding hydrogens is 358 g/mol. The van der Waals surface area contributed by atoms with Gasteiger partial charge in [0.1, 0.15) is 11.3 Å². The number of para-hydroxylation sites is 1. The number of nitrogens with one attached hydrogen (secondary N) is 1. The number of hydrogen-bond acceptors (Lipinski definition) is 6. The van der Waals surface area contributed by atoms with Gasteiger partial charge in [-0.1, -0.05) is 18.2 Å². The van der Waals surface area contributed by atoms with Crippen LogP contribution < -0.4 is 5.32 Å². The number of benzene rings is 1. The lowest BCUT2D eigenvalue weighted by molar-refractivity contribution is 0.0140. The highest BCUT2D eigenvalue weighted by Crippen LogP contribution is 2.15. The van der Waals surface area contributed by atoms with E-state index in [2.05, 4.69) is 15.3 Å². The summed E-state index contributed by atoms with van der Waals surface area (Å²) in [6, 6.07) is 11.1. The minimum Gasteiger partial charge on any atom is -0.444 e. The summed E-state index contributed by atoms with van der Waals surface area (Å²) in [6.45, 7) is 7.23. The van der Waals surface area contributed by atoms with Gasteiger partial charge >= 0.3 is 6.09 Å². The van der Waals surface area contributed by atoms with Gasteiger partial charge in [0, 0.05) is 38.1 Å². The molecule has 0 unspecified atom stereocenters. The molecule has 0 bridgehead atoms. The SMILES string of the molecule is CC(C)(C)OC(=O)N1CCN(C(=O)c2ccnc(Nc3ccccc3)n2)CC1. The fraction of sp³-hybridized carbons (Fsp3) is 0.400. The first-order chi connectivity index (χ1) is 13.3. The molecule has 1 fully saturated rings. The van der Waals surface area contributed by atoms with Crippen LogP contribution in [0.15, 0.2) is 42.6 Å². The van der Waals surface area contributed by atoms with E-state index in [1.165, 1.54) is 0 Å². The standard InChI is InChI=1S/C20H25N5O3/c1-20(2,3)28-19(27)25-13-11-24(12-14-25)17(26)16-9-10-21-18(23-16)22-15-7-5-4-6-8-15/h4-10H,11-14H2,1-3H3,(H,21,22,23). The van der Waals surface area contributed by atoms with E-state index in [1.54, 1.807) is 22.1 Å². The largest absolute Gasteiger partial charge is 0.444 e. The van der Waals surface area contributed by atoms with Crippen LogP contribution in [-0.2, 0) is 4.74 Å². The van der Waals surface area contributed by atoms with Gasteiger partial charge in [0.15, 0.2) is 0 Å². The summed E-state index contributed by atoms with van der Waals surface area (Å²) in [5.41, 5.74) is 0.630. The molecule has 0 saturated carbocycles. The maximum atomic E-state index is 12.8. The molecule has 1 saturated heterocycles. The topological polar surface area (TPSA) is 87.7 Å². The van der Waals surface area contributed by atoms with Crippen molar-refractivity contribution in [2.75, 3.05) is 31.5 Å². The minimum absolute atomic E-state index is 0.178. The van der Waals surface area contributed by atoms with E-state index in [0.29, 0.717) is 37.8 Å². The van der Waals surface area contributed by atoms with Gasteiger partial charge in [-0.05, 0) is 39.0 Å². The lowest BCUT2D eigenvalue weighted by Crippen LogP contribution is -2.51. The predicted octanol–water partition coefficient (Wildman–Crippen LogP) is 2.91. The van der Waals surface area contributed by atoms with Crippen LogP contribution in [0.2, 0.25) is 0 Å². The van der Waals surface area contributed by atoms with E-state index in [1.807, 2.05) is 51.1 Å². The zero-order valence-electron chi connectivity index (χ0n) is 16.4. The summed E-state index contributed by atoms with van der Waals surface area (Å²) in [4.78, 5) is 36.7. The van der Waals surface area contributed by atoms with Crippen LogP contribution in [0.4, 0.5) is 16.4 Å². The number of amides is 2. The minimum atomic E-state index is -0.535. The highest BCUT2D eigenvalue weighted by molar-refractivity contribution is 5.92. The molecule has 1 aromatic carbocycles. The van der Waals surface area contributed by atoms with Crippen molar-refractivity contribution in [1.29, 1.82) is 0 Å². The average molecular weight is 383 g/mol. The van der Waals surface area contributed by atoms with Gasteiger partial charge in [0.2, 0.25) is 5.95 Å². The molecular formula is C20H25N5O3. The first-order valence-electron chi connectivity index (χ1n) is 9.24. The van der Waals surface area contributed by atoms with E-state index in [-0.39, 0.29) is 12.0 Å². The summed E-state index contributed by atoms with van der Waals surface area (Å²) in [5.74, 6) is 0.187. The lowest BCUT2D eigenvalue weighted by Gasteiger charge is -2.35. The molecule has 1 N–H and O–H groups in total. The number of anilines is 2. The van der Waals surface area contributed by atoms with Crippen LogP contribution in [0.3, 0.4) is 0 Å². The normalized spacial score (nSPS) is 14.5. The molecule has 1 aromatic heterocycles. The van der Waals surface area contributed by atoms with Crippen molar-refractivity contribution in [1.82, 2.24) is 19.8 Å². The Morgan fingerprint density at radius 3 is 2.29 bits per heavy atom. The zero-order valence-corrected chi connectivity index (χ0v) is 16.4. The lowest BCUT2D eigenvalue weighted by atomic mass is 10.2. The van der Waals surface area contributed by atoms with Crippen LogP contribution in [0, 0.1) is 0 Å². The molecule has 8 nitrogen and oxygen atoms in total. The fourth-order valence-corrected chi connectivity index (χ4v) is 2.77. The average Bonchev–Trinajstić information content (AvgIpc) is 2.67. The number of aromatic nitrogens is 2. The number of hydrogen-bond donors (Lipinski definition) is 1. The summed E-state index contributed by atoms with van der Waals surface area (Å²) in [7, 11) is 0. The van der Waals surface area contributed by atoms with Gasteiger partial charge < -0.3 is 19.9 Å². The number of carbonyl (C=O) groups excluding carboxylic acids is 2. The number of ether oxygens (including phenoxy) is 1. The first-order valence-corrected chi connectivity index (χ1v) is 9.24. The Morgan fingerprint density at radius 1 is 1.00 bits per heavy atom. The van der Waals surface area contributed by atoms with E-state index in [4.69, 9.17) is 4.74 Å². The molecule has 1 aliphatic rings. The van der Waals surface area contributed by atoms with Crippen LogP contribution >= 0.6 is 0 Å². The highest BCUT2D eigenvalue weighted by atomic mass is 16.6. The van der Waals surface area contributed by atoms with Gasteiger partial charge in [-0.3, -0.25) is 4.79 Å².